The molecule has 1 aliphatic heterocycles. The average molecular weight is 249 g/mol. The molecule has 1 saturated carbocycles. The molecule has 0 radical (unpaired) electrons. The molecule has 4 nitrogen and oxygen atoms in total. The highest BCUT2D eigenvalue weighted by atomic mass is 16.5. The molecule has 1 aromatic rings. The summed E-state index contributed by atoms with van der Waals surface area (Å²) in [5, 5.41) is 7.57. The van der Waals surface area contributed by atoms with Gasteiger partial charge in [-0.1, -0.05) is 18.0 Å². The first-order chi connectivity index (χ1) is 8.92. The minimum Gasteiger partial charge on any atom is -0.339 e. The van der Waals surface area contributed by atoms with Gasteiger partial charge in [-0.05, 0) is 51.1 Å². The number of hydrogen-bond acceptors (Lipinski definition) is 4. The highest BCUT2D eigenvalue weighted by Crippen LogP contribution is 2.32. The first kappa shape index (κ1) is 12.2. The van der Waals surface area contributed by atoms with Gasteiger partial charge in [-0.15, -0.1) is 0 Å². The van der Waals surface area contributed by atoms with Crippen LogP contribution in [0.1, 0.15) is 62.6 Å². The zero-order valence-electron chi connectivity index (χ0n) is 11.0. The molecule has 0 aromatic carbocycles. The maximum absolute atomic E-state index is 5.39. The van der Waals surface area contributed by atoms with Crippen molar-refractivity contribution < 1.29 is 4.52 Å². The fourth-order valence-corrected chi connectivity index (χ4v) is 3.22. The molecule has 0 spiro atoms. The molecule has 3 rings (SSSR count). The number of aryl methyl sites for hydroxylation is 1. The van der Waals surface area contributed by atoms with Crippen LogP contribution in [-0.2, 0) is 6.42 Å². The molecule has 2 heterocycles. The van der Waals surface area contributed by atoms with Crippen LogP contribution >= 0.6 is 0 Å². The smallest absolute Gasteiger partial charge is 0.226 e. The number of nitrogens with zero attached hydrogens (tertiary/aromatic N) is 2. The second kappa shape index (κ2) is 5.83. The number of piperidine rings is 1. The van der Waals surface area contributed by atoms with E-state index in [-0.39, 0.29) is 0 Å². The van der Waals surface area contributed by atoms with E-state index in [9.17, 15) is 0 Å². The fourth-order valence-electron chi connectivity index (χ4n) is 3.22. The van der Waals surface area contributed by atoms with Crippen LogP contribution in [0.4, 0.5) is 0 Å². The van der Waals surface area contributed by atoms with Crippen molar-refractivity contribution in [3.05, 3.63) is 11.7 Å². The molecular weight excluding hydrogens is 226 g/mol. The van der Waals surface area contributed by atoms with Crippen LogP contribution in [0.5, 0.6) is 0 Å². The summed E-state index contributed by atoms with van der Waals surface area (Å²) in [5.74, 6) is 3.23. The highest BCUT2D eigenvalue weighted by Gasteiger charge is 2.22. The Morgan fingerprint density at radius 2 is 1.89 bits per heavy atom. The van der Waals surface area contributed by atoms with Gasteiger partial charge in [0.15, 0.2) is 5.82 Å². The molecule has 4 heteroatoms. The summed E-state index contributed by atoms with van der Waals surface area (Å²) in [6, 6.07) is 0. The monoisotopic (exact) mass is 249 g/mol. The van der Waals surface area contributed by atoms with Crippen molar-refractivity contribution in [3.8, 4) is 0 Å². The van der Waals surface area contributed by atoms with E-state index in [1.165, 1.54) is 58.0 Å². The lowest BCUT2D eigenvalue weighted by Crippen LogP contribution is -2.27. The van der Waals surface area contributed by atoms with E-state index in [0.717, 1.165) is 24.1 Å². The van der Waals surface area contributed by atoms with Crippen LogP contribution in [0.25, 0.3) is 0 Å². The van der Waals surface area contributed by atoms with Crippen molar-refractivity contribution in [3.63, 3.8) is 0 Å². The van der Waals surface area contributed by atoms with Crippen LogP contribution < -0.4 is 5.32 Å². The molecule has 1 N–H and O–H groups in total. The van der Waals surface area contributed by atoms with Crippen LogP contribution in [0.3, 0.4) is 0 Å². The number of rotatable bonds is 4. The Bertz CT molecular complexity index is 365. The van der Waals surface area contributed by atoms with Gasteiger partial charge < -0.3 is 9.84 Å². The van der Waals surface area contributed by atoms with Gasteiger partial charge in [0.05, 0.1) is 0 Å². The van der Waals surface area contributed by atoms with E-state index in [1.54, 1.807) is 0 Å². The van der Waals surface area contributed by atoms with Crippen LogP contribution in [0.2, 0.25) is 0 Å². The number of nitrogens with one attached hydrogen (secondary N) is 1. The van der Waals surface area contributed by atoms with Gasteiger partial charge in [-0.25, -0.2) is 0 Å². The lowest BCUT2D eigenvalue weighted by Gasteiger charge is -2.21. The highest BCUT2D eigenvalue weighted by molar-refractivity contribution is 4.98. The van der Waals surface area contributed by atoms with Crippen molar-refractivity contribution in [1.29, 1.82) is 0 Å². The van der Waals surface area contributed by atoms with Crippen molar-refractivity contribution in [2.24, 2.45) is 5.92 Å². The third-order valence-corrected chi connectivity index (χ3v) is 4.43. The van der Waals surface area contributed by atoms with Crippen LogP contribution in [0, 0.1) is 5.92 Å². The zero-order chi connectivity index (χ0) is 12.2. The van der Waals surface area contributed by atoms with E-state index >= 15 is 0 Å². The lowest BCUT2D eigenvalue weighted by molar-refractivity contribution is 0.322. The Labute approximate surface area is 109 Å². The van der Waals surface area contributed by atoms with Gasteiger partial charge >= 0.3 is 0 Å². The molecule has 18 heavy (non-hydrogen) atoms. The summed E-state index contributed by atoms with van der Waals surface area (Å²) in [6.07, 6.45) is 9.89. The minimum atomic E-state index is 0.571. The number of aromatic nitrogens is 2. The maximum Gasteiger partial charge on any atom is 0.226 e. The summed E-state index contributed by atoms with van der Waals surface area (Å²) in [7, 11) is 0. The molecular formula is C14H23N3O. The summed E-state index contributed by atoms with van der Waals surface area (Å²) >= 11 is 0. The predicted molar refractivity (Wildman–Crippen MR) is 69.4 cm³/mol. The summed E-state index contributed by atoms with van der Waals surface area (Å²) in [6.45, 7) is 2.34. The van der Waals surface area contributed by atoms with E-state index in [4.69, 9.17) is 4.52 Å². The van der Waals surface area contributed by atoms with Crippen LogP contribution in [0.15, 0.2) is 4.52 Å². The lowest BCUT2D eigenvalue weighted by atomic mass is 9.93. The van der Waals surface area contributed by atoms with Gasteiger partial charge in [0.25, 0.3) is 0 Å². The molecule has 0 amide bonds. The molecule has 0 unspecified atom stereocenters. The molecule has 2 aliphatic rings. The standard InChI is InChI=1S/C14H23N3O/c1-2-4-12(3-1)14-16-13(18-17-14)6-5-11-7-9-15-10-8-11/h11-12,15H,1-10H2. The molecule has 1 aromatic heterocycles. The SMILES string of the molecule is C1CCC(c2noc(CCC3CCNCC3)n2)C1. The molecule has 2 fully saturated rings. The normalized spacial score (nSPS) is 22.7. The van der Waals surface area contributed by atoms with Gasteiger partial charge in [0, 0.05) is 12.3 Å². The molecule has 100 valence electrons. The van der Waals surface area contributed by atoms with Gasteiger partial charge in [0.2, 0.25) is 5.89 Å². The fraction of sp³-hybridized carbons (Fsp3) is 0.857. The Morgan fingerprint density at radius 1 is 1.11 bits per heavy atom. The minimum absolute atomic E-state index is 0.571. The Balaban J connectivity index is 1.50. The van der Waals surface area contributed by atoms with E-state index in [2.05, 4.69) is 15.5 Å². The van der Waals surface area contributed by atoms with Gasteiger partial charge in [-0.2, -0.15) is 4.98 Å². The second-order valence-electron chi connectivity index (χ2n) is 5.76. The largest absolute Gasteiger partial charge is 0.339 e. The Morgan fingerprint density at radius 3 is 2.67 bits per heavy atom. The molecule has 0 atom stereocenters. The first-order valence-electron chi connectivity index (χ1n) is 7.45. The maximum atomic E-state index is 5.39. The van der Waals surface area contributed by atoms with Crippen molar-refractivity contribution in [2.75, 3.05) is 13.1 Å². The Hall–Kier alpha value is -0.900. The van der Waals surface area contributed by atoms with Gasteiger partial charge in [-0.3, -0.25) is 0 Å². The van der Waals surface area contributed by atoms with E-state index < -0.39 is 0 Å². The number of hydrogen-bond donors (Lipinski definition) is 1. The second-order valence-corrected chi connectivity index (χ2v) is 5.76. The van der Waals surface area contributed by atoms with Crippen molar-refractivity contribution >= 4 is 0 Å². The van der Waals surface area contributed by atoms with E-state index in [1.807, 2.05) is 0 Å². The summed E-state index contributed by atoms with van der Waals surface area (Å²) in [5.41, 5.74) is 0. The van der Waals surface area contributed by atoms with Crippen molar-refractivity contribution in [1.82, 2.24) is 15.5 Å². The van der Waals surface area contributed by atoms with Gasteiger partial charge in [0.1, 0.15) is 0 Å². The van der Waals surface area contributed by atoms with E-state index in [0.29, 0.717) is 5.92 Å². The molecule has 0 bridgehead atoms. The predicted octanol–water partition coefficient (Wildman–Crippen LogP) is 2.66. The molecule has 1 aliphatic carbocycles. The summed E-state index contributed by atoms with van der Waals surface area (Å²) in [4.78, 5) is 4.58. The third kappa shape index (κ3) is 2.91. The quantitative estimate of drug-likeness (QED) is 0.891. The summed E-state index contributed by atoms with van der Waals surface area (Å²) < 4.78 is 5.39. The zero-order valence-corrected chi connectivity index (χ0v) is 11.0. The first-order valence-corrected chi connectivity index (χ1v) is 7.45. The average Bonchev–Trinajstić information content (AvgIpc) is 3.08. The molecule has 1 saturated heterocycles. The Kier molecular flexibility index (Phi) is 3.93. The van der Waals surface area contributed by atoms with Crippen LogP contribution in [-0.4, -0.2) is 23.2 Å². The van der Waals surface area contributed by atoms with Crippen molar-refractivity contribution in [2.45, 2.75) is 57.3 Å². The topological polar surface area (TPSA) is 51.0 Å². The third-order valence-electron chi connectivity index (χ3n) is 4.43.